The molecule has 0 atom stereocenters. The zero-order valence-corrected chi connectivity index (χ0v) is 12.0. The Balaban J connectivity index is 2.13. The summed E-state index contributed by atoms with van der Waals surface area (Å²) in [7, 11) is 1.88. The third kappa shape index (κ3) is 3.53. The quantitative estimate of drug-likeness (QED) is 0.911. The molecule has 1 aromatic heterocycles. The van der Waals surface area contributed by atoms with Crippen LogP contribution in [0.1, 0.15) is 34.6 Å². The molecule has 1 fully saturated rings. The molecule has 116 valence electrons. The fraction of sp³-hybridized carbons (Fsp3) is 0.571. The van der Waals surface area contributed by atoms with E-state index in [9.17, 15) is 18.0 Å². The minimum absolute atomic E-state index is 0.116. The number of nitrogens with one attached hydrogen (secondary N) is 1. The summed E-state index contributed by atoms with van der Waals surface area (Å²) in [6.07, 6.45) is -2.80. The highest BCUT2D eigenvalue weighted by Gasteiger charge is 2.33. The van der Waals surface area contributed by atoms with Gasteiger partial charge in [0.25, 0.3) is 5.91 Å². The highest BCUT2D eigenvalue weighted by atomic mass is 19.4. The van der Waals surface area contributed by atoms with Gasteiger partial charge in [0.1, 0.15) is 5.69 Å². The minimum atomic E-state index is -4.49. The zero-order valence-electron chi connectivity index (χ0n) is 12.0. The van der Waals surface area contributed by atoms with Crippen LogP contribution in [0.2, 0.25) is 0 Å². The van der Waals surface area contributed by atoms with Crippen LogP contribution in [-0.4, -0.2) is 42.0 Å². The van der Waals surface area contributed by atoms with Gasteiger partial charge < -0.3 is 10.2 Å². The largest absolute Gasteiger partial charge is 0.433 e. The molecule has 1 N–H and O–H groups in total. The molecular formula is C14H18F3N3O. The van der Waals surface area contributed by atoms with Crippen LogP contribution in [0.25, 0.3) is 0 Å². The fourth-order valence-electron chi connectivity index (χ4n) is 2.49. The van der Waals surface area contributed by atoms with Crippen LogP contribution in [0, 0.1) is 6.92 Å². The SMILES string of the molecule is CNC1CCN(C(=O)c2ccc(C(F)(F)F)nc2C)CC1. The van der Waals surface area contributed by atoms with E-state index in [0.29, 0.717) is 19.1 Å². The number of aryl methyl sites for hydroxylation is 1. The summed E-state index contributed by atoms with van der Waals surface area (Å²) in [6.45, 7) is 2.64. The molecule has 2 heterocycles. The molecule has 0 aromatic carbocycles. The molecule has 1 aliphatic rings. The smallest absolute Gasteiger partial charge is 0.338 e. The molecule has 1 aromatic rings. The van der Waals surface area contributed by atoms with Gasteiger partial charge in [-0.05, 0) is 38.9 Å². The van der Waals surface area contributed by atoms with Crippen LogP contribution >= 0.6 is 0 Å². The van der Waals surface area contributed by atoms with E-state index in [0.717, 1.165) is 18.9 Å². The van der Waals surface area contributed by atoms with E-state index in [4.69, 9.17) is 0 Å². The molecule has 1 aliphatic heterocycles. The van der Waals surface area contributed by atoms with Crippen molar-refractivity contribution in [3.63, 3.8) is 0 Å². The zero-order chi connectivity index (χ0) is 15.6. The van der Waals surface area contributed by atoms with Gasteiger partial charge in [-0.1, -0.05) is 0 Å². The highest BCUT2D eigenvalue weighted by Crippen LogP contribution is 2.28. The lowest BCUT2D eigenvalue weighted by Crippen LogP contribution is -2.44. The van der Waals surface area contributed by atoms with Gasteiger partial charge >= 0.3 is 6.18 Å². The number of halogens is 3. The van der Waals surface area contributed by atoms with Gasteiger partial charge in [0.05, 0.1) is 11.3 Å². The monoisotopic (exact) mass is 301 g/mol. The molecule has 1 saturated heterocycles. The first-order valence-electron chi connectivity index (χ1n) is 6.84. The van der Waals surface area contributed by atoms with Crippen molar-refractivity contribution in [2.75, 3.05) is 20.1 Å². The average molecular weight is 301 g/mol. The Morgan fingerprint density at radius 2 is 1.95 bits per heavy atom. The first-order chi connectivity index (χ1) is 9.82. The molecular weight excluding hydrogens is 283 g/mol. The summed E-state index contributed by atoms with van der Waals surface area (Å²) in [5, 5.41) is 3.16. The second-order valence-electron chi connectivity index (χ2n) is 5.18. The summed E-state index contributed by atoms with van der Waals surface area (Å²) in [5.74, 6) is -0.247. The van der Waals surface area contributed by atoms with E-state index in [1.54, 1.807) is 4.90 Å². The molecule has 0 unspecified atom stereocenters. The van der Waals surface area contributed by atoms with Crippen LogP contribution in [-0.2, 0) is 6.18 Å². The molecule has 4 nitrogen and oxygen atoms in total. The maximum absolute atomic E-state index is 12.6. The van der Waals surface area contributed by atoms with E-state index in [2.05, 4.69) is 10.3 Å². The van der Waals surface area contributed by atoms with Gasteiger partial charge in [-0.15, -0.1) is 0 Å². The first kappa shape index (κ1) is 15.8. The van der Waals surface area contributed by atoms with Crippen molar-refractivity contribution in [3.8, 4) is 0 Å². The lowest BCUT2D eigenvalue weighted by molar-refractivity contribution is -0.141. The second-order valence-corrected chi connectivity index (χ2v) is 5.18. The molecule has 0 radical (unpaired) electrons. The Labute approximate surface area is 121 Å². The molecule has 1 amide bonds. The standard InChI is InChI=1S/C14H18F3N3O/c1-9-11(3-4-12(19-9)14(15,16)17)13(21)20-7-5-10(18-2)6-8-20/h3-4,10,18H,5-8H2,1-2H3. The normalized spacial score (nSPS) is 17.1. The van der Waals surface area contributed by atoms with Crippen molar-refractivity contribution < 1.29 is 18.0 Å². The summed E-state index contributed by atoms with van der Waals surface area (Å²) >= 11 is 0. The van der Waals surface area contributed by atoms with Gasteiger partial charge in [0.2, 0.25) is 0 Å². The maximum Gasteiger partial charge on any atom is 0.433 e. The van der Waals surface area contributed by atoms with Gasteiger partial charge in [0.15, 0.2) is 0 Å². The average Bonchev–Trinajstić information content (AvgIpc) is 2.45. The molecule has 7 heteroatoms. The van der Waals surface area contributed by atoms with Crippen molar-refractivity contribution in [1.82, 2.24) is 15.2 Å². The third-order valence-electron chi connectivity index (χ3n) is 3.80. The molecule has 0 spiro atoms. The Kier molecular flexibility index (Phi) is 4.51. The van der Waals surface area contributed by atoms with Gasteiger partial charge in [-0.3, -0.25) is 4.79 Å². The predicted molar refractivity (Wildman–Crippen MR) is 72.0 cm³/mol. The number of carbonyl (C=O) groups excluding carboxylic acids is 1. The Hall–Kier alpha value is -1.63. The van der Waals surface area contributed by atoms with Crippen LogP contribution in [0.5, 0.6) is 0 Å². The number of piperidine rings is 1. The topological polar surface area (TPSA) is 45.2 Å². The number of alkyl halides is 3. The van der Waals surface area contributed by atoms with Crippen LogP contribution in [0.3, 0.4) is 0 Å². The number of carbonyl (C=O) groups is 1. The molecule has 0 aliphatic carbocycles. The van der Waals surface area contributed by atoms with E-state index in [-0.39, 0.29) is 17.2 Å². The number of amides is 1. The first-order valence-corrected chi connectivity index (χ1v) is 6.84. The number of nitrogens with zero attached hydrogens (tertiary/aromatic N) is 2. The van der Waals surface area contributed by atoms with Crippen molar-refractivity contribution >= 4 is 5.91 Å². The van der Waals surface area contributed by atoms with Gasteiger partial charge in [0, 0.05) is 19.1 Å². The Bertz CT molecular complexity index is 523. The Morgan fingerprint density at radius 1 is 1.33 bits per heavy atom. The number of hydrogen-bond acceptors (Lipinski definition) is 3. The van der Waals surface area contributed by atoms with E-state index in [1.807, 2.05) is 7.05 Å². The summed E-state index contributed by atoms with van der Waals surface area (Å²) < 4.78 is 37.7. The van der Waals surface area contributed by atoms with Crippen molar-refractivity contribution in [1.29, 1.82) is 0 Å². The lowest BCUT2D eigenvalue weighted by Gasteiger charge is -2.32. The number of pyridine rings is 1. The fourth-order valence-corrected chi connectivity index (χ4v) is 2.49. The number of likely N-dealkylation sites (tertiary alicyclic amines) is 1. The van der Waals surface area contributed by atoms with Gasteiger partial charge in [-0.2, -0.15) is 13.2 Å². The third-order valence-corrected chi connectivity index (χ3v) is 3.80. The lowest BCUT2D eigenvalue weighted by atomic mass is 10.0. The number of aromatic nitrogens is 1. The Morgan fingerprint density at radius 3 is 2.43 bits per heavy atom. The molecule has 0 saturated carbocycles. The van der Waals surface area contributed by atoms with E-state index in [1.165, 1.54) is 13.0 Å². The van der Waals surface area contributed by atoms with Crippen LogP contribution < -0.4 is 5.32 Å². The molecule has 0 bridgehead atoms. The van der Waals surface area contributed by atoms with E-state index < -0.39 is 11.9 Å². The van der Waals surface area contributed by atoms with Crippen molar-refractivity contribution in [2.45, 2.75) is 32.0 Å². The summed E-state index contributed by atoms with van der Waals surface area (Å²) in [5.41, 5.74) is -0.609. The minimum Gasteiger partial charge on any atom is -0.338 e. The van der Waals surface area contributed by atoms with Gasteiger partial charge in [-0.25, -0.2) is 4.98 Å². The second kappa shape index (κ2) is 6.01. The van der Waals surface area contributed by atoms with Crippen molar-refractivity contribution in [2.24, 2.45) is 0 Å². The summed E-state index contributed by atoms with van der Waals surface area (Å²) in [4.78, 5) is 17.5. The summed E-state index contributed by atoms with van der Waals surface area (Å²) in [6, 6.07) is 2.47. The predicted octanol–water partition coefficient (Wildman–Crippen LogP) is 2.23. The highest BCUT2D eigenvalue weighted by molar-refractivity contribution is 5.95. The van der Waals surface area contributed by atoms with Crippen LogP contribution in [0.15, 0.2) is 12.1 Å². The van der Waals surface area contributed by atoms with Crippen LogP contribution in [0.4, 0.5) is 13.2 Å². The van der Waals surface area contributed by atoms with E-state index >= 15 is 0 Å². The van der Waals surface area contributed by atoms with Crippen molar-refractivity contribution in [3.05, 3.63) is 29.1 Å². The molecule has 2 rings (SSSR count). The number of rotatable bonds is 2. The maximum atomic E-state index is 12.6. The molecule has 21 heavy (non-hydrogen) atoms. The number of hydrogen-bond donors (Lipinski definition) is 1.